The molecule has 1 aliphatic heterocycles. The van der Waals surface area contributed by atoms with Gasteiger partial charge in [-0.3, -0.25) is 0 Å². The van der Waals surface area contributed by atoms with Crippen LogP contribution in [-0.2, 0) is 10.8 Å². The van der Waals surface area contributed by atoms with E-state index in [1.165, 1.54) is 92.7 Å². The van der Waals surface area contributed by atoms with Crippen molar-refractivity contribution in [2.45, 2.75) is 24.7 Å². The van der Waals surface area contributed by atoms with Crippen LogP contribution in [0.15, 0.2) is 224 Å². The minimum atomic E-state index is -2.99. The lowest BCUT2D eigenvalue weighted by Crippen LogP contribution is -2.74. The van der Waals surface area contributed by atoms with E-state index >= 15 is 0 Å². The van der Waals surface area contributed by atoms with Gasteiger partial charge in [-0.15, -0.1) is 0 Å². The number of rotatable bonds is 5. The van der Waals surface area contributed by atoms with Crippen LogP contribution in [0.3, 0.4) is 0 Å². The summed E-state index contributed by atoms with van der Waals surface area (Å²) in [6, 6.07) is 85.3. The number of benzene rings is 9. The van der Waals surface area contributed by atoms with Crippen LogP contribution in [0.5, 0.6) is 0 Å². The summed E-state index contributed by atoms with van der Waals surface area (Å²) in [6.45, 7) is 4.82. The van der Waals surface area contributed by atoms with Gasteiger partial charge in [-0.1, -0.05) is 226 Å². The molecule has 12 rings (SSSR count). The van der Waals surface area contributed by atoms with E-state index in [0.29, 0.717) is 0 Å². The lowest BCUT2D eigenvalue weighted by molar-refractivity contribution is 0.556. The van der Waals surface area contributed by atoms with Crippen LogP contribution in [-0.4, -0.2) is 12.6 Å². The third-order valence-electron chi connectivity index (χ3n) is 14.0. The van der Waals surface area contributed by atoms with Gasteiger partial charge in [0.15, 0.2) is 8.07 Å². The summed E-state index contributed by atoms with van der Waals surface area (Å²) in [6.07, 6.45) is 0. The Kier molecular flexibility index (Phi) is 7.58. The Morgan fingerprint density at radius 1 is 0.350 bits per heavy atom. The van der Waals surface area contributed by atoms with E-state index < -0.39 is 13.5 Å². The molecule has 9 aromatic carbocycles. The minimum absolute atomic E-state index is 0.178. The third-order valence-corrected chi connectivity index (χ3v) is 18.8. The summed E-state index contributed by atoms with van der Waals surface area (Å²) >= 11 is 0. The molecule has 60 heavy (non-hydrogen) atoms. The van der Waals surface area contributed by atoms with Gasteiger partial charge in [-0.05, 0) is 77.4 Å². The molecule has 0 atom stereocenters. The van der Waals surface area contributed by atoms with E-state index in [2.05, 4.69) is 243 Å². The van der Waals surface area contributed by atoms with Crippen LogP contribution in [0.4, 0.5) is 0 Å². The lowest BCUT2D eigenvalue weighted by atomic mass is 9.53. The monoisotopic (exact) mass is 781 g/mol. The predicted octanol–water partition coefficient (Wildman–Crippen LogP) is 11.2. The molecule has 1 spiro atoms. The molecule has 0 bridgehead atoms. The zero-order valence-electron chi connectivity index (χ0n) is 33.8. The molecular weight excluding hydrogens is 739 g/mol. The van der Waals surface area contributed by atoms with Crippen LogP contribution < -0.4 is 20.7 Å². The molecular formula is C58H43NSi. The maximum Gasteiger partial charge on any atom is 0.179 e. The first-order chi connectivity index (χ1) is 29.5. The fourth-order valence-electron chi connectivity index (χ4n) is 11.5. The first-order valence-electron chi connectivity index (χ1n) is 21.2. The molecule has 0 saturated heterocycles. The maximum atomic E-state index is 2.62. The highest BCUT2D eigenvalue weighted by atomic mass is 28.3. The Morgan fingerprint density at radius 2 is 0.833 bits per heavy atom. The molecule has 2 heterocycles. The minimum Gasteiger partial charge on any atom is -0.309 e. The summed E-state index contributed by atoms with van der Waals surface area (Å²) in [5.41, 5.74) is 13.7. The standard InChI is InChI=1S/C58H43NSi/c1-57(2)48-30-13-15-32-50(48)58(51-33-16-14-31-49(51)57)52-37-36-45(39-55(52)59-54-35-17-12-28-46(54)47-29-19-34-53(58)56(47)59)60(42-23-8-4-9-24-42,43-25-10-5-11-26-43)44-27-18-22-41(38-44)40-20-6-3-7-21-40/h3-39H,1-2H3. The summed E-state index contributed by atoms with van der Waals surface area (Å²) in [4.78, 5) is 0. The average molecular weight is 782 g/mol. The van der Waals surface area contributed by atoms with Gasteiger partial charge < -0.3 is 4.57 Å². The van der Waals surface area contributed by atoms with Crippen LogP contribution in [0.25, 0.3) is 38.6 Å². The van der Waals surface area contributed by atoms with E-state index in [0.717, 1.165) is 0 Å². The van der Waals surface area contributed by atoms with Gasteiger partial charge in [0, 0.05) is 16.2 Å². The Hall–Kier alpha value is -7.00. The summed E-state index contributed by atoms with van der Waals surface area (Å²) in [5.74, 6) is 0. The molecule has 1 aromatic heterocycles. The van der Waals surface area contributed by atoms with Crippen molar-refractivity contribution in [1.82, 2.24) is 4.57 Å². The molecule has 2 heteroatoms. The van der Waals surface area contributed by atoms with Crippen LogP contribution >= 0.6 is 0 Å². The Morgan fingerprint density at radius 3 is 1.50 bits per heavy atom. The SMILES string of the molecule is CC1(C)c2ccccc2C2(c3ccc([Si](c4ccccc4)(c4ccccc4)c4cccc(-c5ccccc5)c4)cc3-n3c4ccccc4c4cccc2c43)c2ccccc21. The summed E-state index contributed by atoms with van der Waals surface area (Å²) < 4.78 is 2.62. The van der Waals surface area contributed by atoms with Gasteiger partial charge in [0.25, 0.3) is 0 Å². The van der Waals surface area contributed by atoms with Crippen molar-refractivity contribution in [2.75, 3.05) is 0 Å². The molecule has 0 saturated carbocycles. The molecule has 1 nitrogen and oxygen atoms in total. The molecule has 0 fully saturated rings. The second-order valence-corrected chi connectivity index (χ2v) is 21.0. The second kappa shape index (κ2) is 13.0. The molecule has 0 radical (unpaired) electrons. The molecule has 2 aliphatic rings. The fraction of sp³-hybridized carbons (Fsp3) is 0.0690. The van der Waals surface area contributed by atoms with E-state index in [-0.39, 0.29) is 5.41 Å². The van der Waals surface area contributed by atoms with Gasteiger partial charge in [0.2, 0.25) is 0 Å². The van der Waals surface area contributed by atoms with Crippen LogP contribution in [0, 0.1) is 0 Å². The first-order valence-corrected chi connectivity index (χ1v) is 23.2. The maximum absolute atomic E-state index is 2.99. The normalized spacial score (nSPS) is 14.4. The van der Waals surface area contributed by atoms with Crippen molar-refractivity contribution >= 4 is 50.6 Å². The van der Waals surface area contributed by atoms with Crippen molar-refractivity contribution in [2.24, 2.45) is 0 Å². The Bertz CT molecular complexity index is 3200. The molecule has 284 valence electrons. The second-order valence-electron chi connectivity index (χ2n) is 17.2. The predicted molar refractivity (Wildman–Crippen MR) is 254 cm³/mol. The number of nitrogens with zero attached hydrogens (tertiary/aromatic N) is 1. The average Bonchev–Trinajstić information content (AvgIpc) is 3.66. The van der Waals surface area contributed by atoms with E-state index in [9.17, 15) is 0 Å². The van der Waals surface area contributed by atoms with Gasteiger partial charge >= 0.3 is 0 Å². The zero-order chi connectivity index (χ0) is 40.1. The van der Waals surface area contributed by atoms with E-state index in [1.54, 1.807) is 0 Å². The third kappa shape index (κ3) is 4.57. The molecule has 0 N–H and O–H groups in total. The van der Waals surface area contributed by atoms with Crippen molar-refractivity contribution in [1.29, 1.82) is 0 Å². The summed E-state index contributed by atoms with van der Waals surface area (Å²) in [5, 5.41) is 8.04. The number of fused-ring (bicyclic) bond motifs is 11. The van der Waals surface area contributed by atoms with Crippen molar-refractivity contribution in [3.05, 3.63) is 258 Å². The fourth-order valence-corrected chi connectivity index (χ4v) is 16.3. The largest absolute Gasteiger partial charge is 0.309 e. The number of aromatic nitrogens is 1. The van der Waals surface area contributed by atoms with Crippen LogP contribution in [0.2, 0.25) is 0 Å². The number of para-hydroxylation sites is 2. The molecule has 10 aromatic rings. The van der Waals surface area contributed by atoms with Crippen molar-refractivity contribution in [3.8, 4) is 16.8 Å². The summed E-state index contributed by atoms with van der Waals surface area (Å²) in [7, 11) is -2.99. The van der Waals surface area contributed by atoms with Gasteiger partial charge in [-0.25, -0.2) is 0 Å². The first kappa shape index (κ1) is 35.0. The van der Waals surface area contributed by atoms with Crippen molar-refractivity contribution < 1.29 is 0 Å². The lowest BCUT2D eigenvalue weighted by Gasteiger charge is -2.50. The zero-order valence-corrected chi connectivity index (χ0v) is 34.8. The van der Waals surface area contributed by atoms with E-state index in [4.69, 9.17) is 0 Å². The van der Waals surface area contributed by atoms with Gasteiger partial charge in [0.05, 0.1) is 22.1 Å². The quantitative estimate of drug-likeness (QED) is 0.121. The van der Waals surface area contributed by atoms with Crippen molar-refractivity contribution in [3.63, 3.8) is 0 Å². The Balaban J connectivity index is 1.26. The highest BCUT2D eigenvalue weighted by molar-refractivity contribution is 7.20. The number of hydrogen-bond donors (Lipinski definition) is 0. The Labute approximate surface area is 352 Å². The molecule has 0 unspecified atom stereocenters. The van der Waals surface area contributed by atoms with Gasteiger partial charge in [0.1, 0.15) is 0 Å². The molecule has 1 aliphatic carbocycles. The highest BCUT2D eigenvalue weighted by Gasteiger charge is 2.53. The van der Waals surface area contributed by atoms with Gasteiger partial charge in [-0.2, -0.15) is 0 Å². The highest BCUT2D eigenvalue weighted by Crippen LogP contribution is 2.60. The smallest absolute Gasteiger partial charge is 0.179 e. The topological polar surface area (TPSA) is 4.93 Å². The van der Waals surface area contributed by atoms with E-state index in [1.807, 2.05) is 0 Å². The number of hydrogen-bond acceptors (Lipinski definition) is 0. The van der Waals surface area contributed by atoms with Crippen LogP contribution in [0.1, 0.15) is 47.2 Å². The molecule has 0 amide bonds.